The number of benzene rings is 1. The predicted octanol–water partition coefficient (Wildman–Crippen LogP) is 2.49. The normalized spacial score (nSPS) is 19.2. The largest absolute Gasteiger partial charge is 0.377 e. The molecule has 1 aromatic carbocycles. The maximum absolute atomic E-state index is 10.9. The number of nitro benzene ring substituents is 1. The van der Waals surface area contributed by atoms with Gasteiger partial charge in [0.1, 0.15) is 5.69 Å². The molecule has 0 spiro atoms. The van der Waals surface area contributed by atoms with Gasteiger partial charge in [-0.25, -0.2) is 0 Å². The highest BCUT2D eigenvalue weighted by molar-refractivity contribution is 5.62. The molecule has 0 radical (unpaired) electrons. The fraction of sp³-hybridized carbons (Fsp3) is 0.500. The van der Waals surface area contributed by atoms with E-state index in [9.17, 15) is 10.1 Å². The number of nitrogens with one attached hydrogen (secondary N) is 1. The molecule has 0 aliphatic carbocycles. The smallest absolute Gasteiger partial charge is 0.292 e. The Morgan fingerprint density at radius 2 is 2.41 bits per heavy atom. The Kier molecular flexibility index (Phi) is 3.58. The minimum atomic E-state index is -0.364. The maximum atomic E-state index is 10.9. The average molecular weight is 236 g/mol. The molecule has 0 amide bonds. The third kappa shape index (κ3) is 2.94. The first-order valence-corrected chi connectivity index (χ1v) is 5.77. The van der Waals surface area contributed by atoms with Gasteiger partial charge < -0.3 is 10.1 Å². The van der Waals surface area contributed by atoms with Crippen molar-refractivity contribution in [1.29, 1.82) is 0 Å². The monoisotopic (exact) mass is 236 g/mol. The number of hydrogen-bond donors (Lipinski definition) is 1. The lowest BCUT2D eigenvalue weighted by Gasteiger charge is -2.12. The predicted molar refractivity (Wildman–Crippen MR) is 65.3 cm³/mol. The molecule has 17 heavy (non-hydrogen) atoms. The van der Waals surface area contributed by atoms with E-state index in [1.165, 1.54) is 6.07 Å². The van der Waals surface area contributed by atoms with Crippen molar-refractivity contribution in [2.75, 3.05) is 18.5 Å². The number of aryl methyl sites for hydroxylation is 1. The maximum Gasteiger partial charge on any atom is 0.292 e. The van der Waals surface area contributed by atoms with Gasteiger partial charge in [-0.1, -0.05) is 6.07 Å². The van der Waals surface area contributed by atoms with E-state index in [4.69, 9.17) is 4.74 Å². The van der Waals surface area contributed by atoms with Crippen molar-refractivity contribution < 1.29 is 9.66 Å². The van der Waals surface area contributed by atoms with Gasteiger partial charge in [-0.2, -0.15) is 0 Å². The van der Waals surface area contributed by atoms with E-state index in [1.54, 1.807) is 12.1 Å². The van der Waals surface area contributed by atoms with Crippen molar-refractivity contribution in [2.24, 2.45) is 0 Å². The van der Waals surface area contributed by atoms with Gasteiger partial charge in [0.2, 0.25) is 0 Å². The third-order valence-corrected chi connectivity index (χ3v) is 2.89. The zero-order valence-electron chi connectivity index (χ0n) is 9.81. The standard InChI is InChI=1S/C12H16N2O3/c1-9-4-5-12(14(15)16)11(7-9)13-8-10-3-2-6-17-10/h4-5,7,10,13H,2-3,6,8H2,1H3. The van der Waals surface area contributed by atoms with E-state index in [1.807, 2.05) is 6.92 Å². The molecule has 1 aromatic rings. The summed E-state index contributed by atoms with van der Waals surface area (Å²) in [6, 6.07) is 5.08. The summed E-state index contributed by atoms with van der Waals surface area (Å²) >= 11 is 0. The van der Waals surface area contributed by atoms with Crippen LogP contribution in [0.15, 0.2) is 18.2 Å². The fourth-order valence-corrected chi connectivity index (χ4v) is 1.98. The minimum absolute atomic E-state index is 0.119. The molecule has 1 N–H and O–H groups in total. The molecule has 0 aromatic heterocycles. The van der Waals surface area contributed by atoms with Crippen LogP contribution in [0.25, 0.3) is 0 Å². The number of rotatable bonds is 4. The summed E-state index contributed by atoms with van der Waals surface area (Å²) in [7, 11) is 0. The summed E-state index contributed by atoms with van der Waals surface area (Å²) in [5.41, 5.74) is 1.70. The second-order valence-electron chi connectivity index (χ2n) is 4.29. The van der Waals surface area contributed by atoms with Gasteiger partial charge in [-0.15, -0.1) is 0 Å². The molecule has 1 aliphatic rings. The summed E-state index contributed by atoms with van der Waals surface area (Å²) in [5, 5.41) is 14.0. The molecular weight excluding hydrogens is 220 g/mol. The number of nitro groups is 1. The number of anilines is 1. The Labute approximate surface area is 99.9 Å². The molecule has 1 atom stereocenters. The Bertz CT molecular complexity index is 414. The van der Waals surface area contributed by atoms with Crippen LogP contribution < -0.4 is 5.32 Å². The zero-order chi connectivity index (χ0) is 12.3. The van der Waals surface area contributed by atoms with Crippen LogP contribution in [0.4, 0.5) is 11.4 Å². The summed E-state index contributed by atoms with van der Waals surface area (Å²) < 4.78 is 5.47. The molecule has 0 saturated carbocycles. The highest BCUT2D eigenvalue weighted by Gasteiger charge is 2.18. The summed E-state index contributed by atoms with van der Waals surface area (Å²) in [6.45, 7) is 3.34. The lowest BCUT2D eigenvalue weighted by Crippen LogP contribution is -2.18. The van der Waals surface area contributed by atoms with Crippen molar-refractivity contribution in [3.8, 4) is 0 Å². The van der Waals surface area contributed by atoms with Crippen LogP contribution in [0.5, 0.6) is 0 Å². The lowest BCUT2D eigenvalue weighted by molar-refractivity contribution is -0.384. The molecule has 0 bridgehead atoms. The minimum Gasteiger partial charge on any atom is -0.377 e. The molecule has 1 saturated heterocycles. The second kappa shape index (κ2) is 5.14. The Balaban J connectivity index is 2.07. The van der Waals surface area contributed by atoms with E-state index in [0.717, 1.165) is 25.0 Å². The van der Waals surface area contributed by atoms with E-state index < -0.39 is 0 Å². The Morgan fingerprint density at radius 1 is 1.59 bits per heavy atom. The van der Waals surface area contributed by atoms with Crippen LogP contribution in [0.1, 0.15) is 18.4 Å². The van der Waals surface area contributed by atoms with E-state index in [-0.39, 0.29) is 16.7 Å². The molecule has 5 heteroatoms. The molecule has 5 nitrogen and oxygen atoms in total. The van der Waals surface area contributed by atoms with Crippen LogP contribution in [0.3, 0.4) is 0 Å². The molecule has 1 fully saturated rings. The van der Waals surface area contributed by atoms with Gasteiger partial charge in [0, 0.05) is 19.2 Å². The Hall–Kier alpha value is -1.62. The van der Waals surface area contributed by atoms with Crippen LogP contribution in [0.2, 0.25) is 0 Å². The molecule has 1 aliphatic heterocycles. The summed E-state index contributed by atoms with van der Waals surface area (Å²) in [4.78, 5) is 10.5. The van der Waals surface area contributed by atoms with Gasteiger partial charge in [-0.3, -0.25) is 10.1 Å². The SMILES string of the molecule is Cc1ccc([N+](=O)[O-])c(NCC2CCCO2)c1. The van der Waals surface area contributed by atoms with Gasteiger partial charge in [-0.05, 0) is 31.4 Å². The highest BCUT2D eigenvalue weighted by atomic mass is 16.6. The van der Waals surface area contributed by atoms with Crippen LogP contribution in [0, 0.1) is 17.0 Å². The third-order valence-electron chi connectivity index (χ3n) is 2.89. The van der Waals surface area contributed by atoms with E-state index in [2.05, 4.69) is 5.32 Å². The number of hydrogen-bond acceptors (Lipinski definition) is 4. The first-order chi connectivity index (χ1) is 8.16. The molecular formula is C12H16N2O3. The van der Waals surface area contributed by atoms with E-state index in [0.29, 0.717) is 12.2 Å². The molecule has 1 unspecified atom stereocenters. The van der Waals surface area contributed by atoms with Crippen LogP contribution >= 0.6 is 0 Å². The summed E-state index contributed by atoms with van der Waals surface area (Å²) in [6.07, 6.45) is 2.27. The average Bonchev–Trinajstić information content (AvgIpc) is 2.78. The first-order valence-electron chi connectivity index (χ1n) is 5.77. The van der Waals surface area contributed by atoms with Crippen molar-refractivity contribution in [2.45, 2.75) is 25.9 Å². The first kappa shape index (κ1) is 11.9. The number of ether oxygens (including phenoxy) is 1. The number of nitrogens with zero attached hydrogens (tertiary/aromatic N) is 1. The van der Waals surface area contributed by atoms with Gasteiger partial charge in [0.15, 0.2) is 0 Å². The van der Waals surface area contributed by atoms with Crippen molar-refractivity contribution in [1.82, 2.24) is 0 Å². The summed E-state index contributed by atoms with van der Waals surface area (Å²) in [5.74, 6) is 0. The zero-order valence-corrected chi connectivity index (χ0v) is 9.81. The van der Waals surface area contributed by atoms with Gasteiger partial charge in [0.25, 0.3) is 5.69 Å². The molecule has 92 valence electrons. The topological polar surface area (TPSA) is 64.4 Å². The second-order valence-corrected chi connectivity index (χ2v) is 4.29. The van der Waals surface area contributed by atoms with E-state index >= 15 is 0 Å². The van der Waals surface area contributed by atoms with Crippen molar-refractivity contribution >= 4 is 11.4 Å². The van der Waals surface area contributed by atoms with Gasteiger partial charge >= 0.3 is 0 Å². The highest BCUT2D eigenvalue weighted by Crippen LogP contribution is 2.25. The van der Waals surface area contributed by atoms with Crippen molar-refractivity contribution in [3.05, 3.63) is 33.9 Å². The lowest BCUT2D eigenvalue weighted by atomic mass is 10.2. The van der Waals surface area contributed by atoms with Crippen molar-refractivity contribution in [3.63, 3.8) is 0 Å². The fourth-order valence-electron chi connectivity index (χ4n) is 1.98. The quantitative estimate of drug-likeness (QED) is 0.644. The Morgan fingerprint density at radius 3 is 3.06 bits per heavy atom. The molecule has 1 heterocycles. The molecule has 2 rings (SSSR count). The van der Waals surface area contributed by atoms with Crippen LogP contribution in [-0.2, 0) is 4.74 Å². The van der Waals surface area contributed by atoms with Crippen LogP contribution in [-0.4, -0.2) is 24.2 Å². The van der Waals surface area contributed by atoms with Gasteiger partial charge in [0.05, 0.1) is 11.0 Å².